The average Bonchev–Trinajstić information content (AvgIpc) is 3.12. The minimum atomic E-state index is -0.0251. The fraction of sp³-hybridized carbons (Fsp3) is 0.444. The van der Waals surface area contributed by atoms with Crippen molar-refractivity contribution in [2.75, 3.05) is 42.9 Å². The van der Waals surface area contributed by atoms with Gasteiger partial charge in [-0.05, 0) is 30.8 Å². The number of piperazine rings is 1. The summed E-state index contributed by atoms with van der Waals surface area (Å²) in [5.74, 6) is 2.10. The molecule has 2 N–H and O–H groups in total. The van der Waals surface area contributed by atoms with Crippen molar-refractivity contribution in [1.82, 2.24) is 14.9 Å². The number of H-pyrrole nitrogens is 1. The second-order valence-electron chi connectivity index (χ2n) is 6.43. The first-order valence-electron chi connectivity index (χ1n) is 8.77. The smallest absolute Gasteiger partial charge is 0.256 e. The van der Waals surface area contributed by atoms with Crippen LogP contribution in [0.1, 0.15) is 18.2 Å². The van der Waals surface area contributed by atoms with E-state index in [0.717, 1.165) is 61.2 Å². The third-order valence-corrected chi connectivity index (χ3v) is 5.87. The topological polar surface area (TPSA) is 64.3 Å². The van der Waals surface area contributed by atoms with Crippen molar-refractivity contribution in [2.24, 2.45) is 0 Å². The number of anilines is 3. The van der Waals surface area contributed by atoms with E-state index >= 15 is 0 Å². The van der Waals surface area contributed by atoms with Gasteiger partial charge in [0.05, 0.1) is 5.69 Å². The van der Waals surface area contributed by atoms with Crippen molar-refractivity contribution < 1.29 is 0 Å². The molecule has 4 rings (SSSR count). The highest BCUT2D eigenvalue weighted by molar-refractivity contribution is 7.98. The standard InChI is InChI=1S/C18H23N5OS/c1-2-22-7-9-23(10-8-22)14-5-3-13(4-6-14)19-18-20-16-12-25-11-15(16)17(24)21-18/h3-6H,2,7-12H2,1H3,(H2,19,20,21,24). The van der Waals surface area contributed by atoms with E-state index < -0.39 is 0 Å². The zero-order valence-corrected chi connectivity index (χ0v) is 15.2. The van der Waals surface area contributed by atoms with Crippen LogP contribution in [0.25, 0.3) is 0 Å². The molecule has 0 saturated carbocycles. The van der Waals surface area contributed by atoms with Crippen molar-refractivity contribution in [2.45, 2.75) is 18.4 Å². The molecule has 0 radical (unpaired) electrons. The number of benzene rings is 1. The molecule has 2 aliphatic rings. The van der Waals surface area contributed by atoms with E-state index in [1.54, 1.807) is 11.8 Å². The van der Waals surface area contributed by atoms with Gasteiger partial charge in [-0.1, -0.05) is 6.92 Å². The van der Waals surface area contributed by atoms with Crippen LogP contribution >= 0.6 is 11.8 Å². The lowest BCUT2D eigenvalue weighted by Crippen LogP contribution is -2.46. The van der Waals surface area contributed by atoms with Gasteiger partial charge in [-0.25, -0.2) is 4.98 Å². The van der Waals surface area contributed by atoms with Gasteiger partial charge in [0, 0.05) is 54.6 Å². The van der Waals surface area contributed by atoms with Gasteiger partial charge in [0.25, 0.3) is 5.56 Å². The van der Waals surface area contributed by atoms with Gasteiger partial charge in [0.2, 0.25) is 5.95 Å². The molecule has 132 valence electrons. The molecular formula is C18H23N5OS. The highest BCUT2D eigenvalue weighted by Crippen LogP contribution is 2.26. The molecule has 2 aromatic rings. The molecule has 0 spiro atoms. The van der Waals surface area contributed by atoms with Gasteiger partial charge in [-0.15, -0.1) is 0 Å². The van der Waals surface area contributed by atoms with E-state index in [-0.39, 0.29) is 5.56 Å². The van der Waals surface area contributed by atoms with Crippen molar-refractivity contribution in [3.63, 3.8) is 0 Å². The monoisotopic (exact) mass is 357 g/mol. The van der Waals surface area contributed by atoms with E-state index in [1.165, 1.54) is 5.69 Å². The maximum Gasteiger partial charge on any atom is 0.256 e. The molecule has 0 atom stereocenters. The third-order valence-electron chi connectivity index (χ3n) is 4.90. The number of nitrogens with one attached hydrogen (secondary N) is 2. The summed E-state index contributed by atoms with van der Waals surface area (Å²) in [5.41, 5.74) is 3.87. The highest BCUT2D eigenvalue weighted by Gasteiger charge is 2.18. The van der Waals surface area contributed by atoms with Crippen LogP contribution in [-0.2, 0) is 11.5 Å². The molecule has 1 fully saturated rings. The fourth-order valence-electron chi connectivity index (χ4n) is 3.34. The fourth-order valence-corrected chi connectivity index (χ4v) is 4.37. The first-order valence-corrected chi connectivity index (χ1v) is 9.92. The van der Waals surface area contributed by atoms with Gasteiger partial charge in [0.1, 0.15) is 0 Å². The maximum atomic E-state index is 12.1. The van der Waals surface area contributed by atoms with Crippen LogP contribution in [0.15, 0.2) is 29.1 Å². The predicted molar refractivity (Wildman–Crippen MR) is 104 cm³/mol. The van der Waals surface area contributed by atoms with Crippen LogP contribution in [0.4, 0.5) is 17.3 Å². The maximum absolute atomic E-state index is 12.1. The van der Waals surface area contributed by atoms with Crippen molar-refractivity contribution in [3.8, 4) is 0 Å². The quantitative estimate of drug-likeness (QED) is 0.876. The second-order valence-corrected chi connectivity index (χ2v) is 7.41. The number of aromatic nitrogens is 2. The zero-order chi connectivity index (χ0) is 17.2. The summed E-state index contributed by atoms with van der Waals surface area (Å²) in [5, 5.41) is 3.22. The normalized spacial score (nSPS) is 17.6. The van der Waals surface area contributed by atoms with E-state index in [0.29, 0.717) is 5.95 Å². The molecule has 2 aliphatic heterocycles. The van der Waals surface area contributed by atoms with Crippen LogP contribution in [0.3, 0.4) is 0 Å². The summed E-state index contributed by atoms with van der Waals surface area (Å²) < 4.78 is 0. The van der Waals surface area contributed by atoms with Crippen molar-refractivity contribution in [3.05, 3.63) is 45.9 Å². The first kappa shape index (κ1) is 16.5. The summed E-state index contributed by atoms with van der Waals surface area (Å²) in [4.78, 5) is 24.3. The largest absolute Gasteiger partial charge is 0.369 e. The van der Waals surface area contributed by atoms with E-state index in [1.807, 2.05) is 12.1 Å². The molecule has 6 nitrogen and oxygen atoms in total. The molecule has 0 aliphatic carbocycles. The first-order chi connectivity index (χ1) is 12.2. The van der Waals surface area contributed by atoms with Gasteiger partial charge in [-0.2, -0.15) is 11.8 Å². The lowest BCUT2D eigenvalue weighted by atomic mass is 10.2. The highest BCUT2D eigenvalue weighted by atomic mass is 32.2. The van der Waals surface area contributed by atoms with Crippen LogP contribution < -0.4 is 15.8 Å². The SMILES string of the molecule is CCN1CCN(c2ccc(Nc3nc4c(c(=O)[nH]3)CSC4)cc2)CC1. The van der Waals surface area contributed by atoms with Crippen LogP contribution in [0, 0.1) is 0 Å². The number of likely N-dealkylation sites (N-methyl/N-ethyl adjacent to an activating group) is 1. The molecule has 1 aromatic carbocycles. The summed E-state index contributed by atoms with van der Waals surface area (Å²) in [7, 11) is 0. The van der Waals surface area contributed by atoms with Crippen molar-refractivity contribution in [1.29, 1.82) is 0 Å². The average molecular weight is 357 g/mol. The number of fused-ring (bicyclic) bond motifs is 1. The minimum absolute atomic E-state index is 0.0251. The molecule has 1 aromatic heterocycles. The molecule has 0 unspecified atom stereocenters. The molecular weight excluding hydrogens is 334 g/mol. The molecule has 1 saturated heterocycles. The molecule has 0 bridgehead atoms. The summed E-state index contributed by atoms with van der Waals surface area (Å²) in [6.45, 7) is 7.72. The van der Waals surface area contributed by atoms with E-state index in [4.69, 9.17) is 0 Å². The Hall–Kier alpha value is -1.99. The number of thioether (sulfide) groups is 1. The Kier molecular flexibility index (Phi) is 4.67. The number of hydrogen-bond acceptors (Lipinski definition) is 6. The number of nitrogens with zero attached hydrogens (tertiary/aromatic N) is 3. The van der Waals surface area contributed by atoms with Gasteiger partial charge in [0.15, 0.2) is 0 Å². The van der Waals surface area contributed by atoms with Gasteiger partial charge < -0.3 is 15.1 Å². The second kappa shape index (κ2) is 7.09. The van der Waals surface area contributed by atoms with Crippen LogP contribution in [-0.4, -0.2) is 47.6 Å². The van der Waals surface area contributed by atoms with Crippen LogP contribution in [0.5, 0.6) is 0 Å². The van der Waals surface area contributed by atoms with E-state index in [2.05, 4.69) is 44.1 Å². The zero-order valence-electron chi connectivity index (χ0n) is 14.4. The Morgan fingerprint density at radius 3 is 2.64 bits per heavy atom. The Morgan fingerprint density at radius 2 is 1.92 bits per heavy atom. The van der Waals surface area contributed by atoms with E-state index in [9.17, 15) is 4.79 Å². The summed E-state index contributed by atoms with van der Waals surface area (Å²) in [6.07, 6.45) is 0. The Labute approximate surface area is 151 Å². The predicted octanol–water partition coefficient (Wildman–Crippen LogP) is 2.40. The molecule has 0 amide bonds. The van der Waals surface area contributed by atoms with Crippen LogP contribution in [0.2, 0.25) is 0 Å². The van der Waals surface area contributed by atoms with Gasteiger partial charge >= 0.3 is 0 Å². The van der Waals surface area contributed by atoms with Gasteiger partial charge in [-0.3, -0.25) is 9.78 Å². The van der Waals surface area contributed by atoms with Crippen molar-refractivity contribution >= 4 is 29.1 Å². The molecule has 25 heavy (non-hydrogen) atoms. The Morgan fingerprint density at radius 1 is 1.16 bits per heavy atom. The molecule has 7 heteroatoms. The third kappa shape index (κ3) is 3.52. The lowest BCUT2D eigenvalue weighted by molar-refractivity contribution is 0.271. The Balaban J connectivity index is 1.44. The number of aromatic amines is 1. The molecule has 3 heterocycles. The Bertz CT molecular complexity index is 796. The summed E-state index contributed by atoms with van der Waals surface area (Å²) >= 11 is 1.73. The number of rotatable bonds is 4. The number of hydrogen-bond donors (Lipinski definition) is 2. The lowest BCUT2D eigenvalue weighted by Gasteiger charge is -2.35. The summed E-state index contributed by atoms with van der Waals surface area (Å²) in [6, 6.07) is 8.35. The minimum Gasteiger partial charge on any atom is -0.369 e.